The second-order valence-corrected chi connectivity index (χ2v) is 7.34. The van der Waals surface area contributed by atoms with Gasteiger partial charge < -0.3 is 16.5 Å². The molecule has 0 radical (unpaired) electrons. The van der Waals surface area contributed by atoms with Crippen LogP contribution in [0.4, 0.5) is 5.95 Å². The number of nitrogens with zero attached hydrogens (tertiary/aromatic N) is 3. The Morgan fingerprint density at radius 2 is 2.11 bits per heavy atom. The maximum atomic E-state index is 6.25. The first-order chi connectivity index (χ1) is 13.5. The molecule has 150 valence electrons. The summed E-state index contributed by atoms with van der Waals surface area (Å²) in [5.74, 6) is 0.966. The van der Waals surface area contributed by atoms with Crippen LogP contribution in [0.25, 0.3) is 6.08 Å². The lowest BCUT2D eigenvalue weighted by Crippen LogP contribution is -2.16. The summed E-state index contributed by atoms with van der Waals surface area (Å²) < 4.78 is 0. The number of benzene rings is 1. The third kappa shape index (κ3) is 7.70. The van der Waals surface area contributed by atoms with Crippen LogP contribution in [-0.2, 0) is 6.42 Å². The molecule has 0 aliphatic heterocycles. The van der Waals surface area contributed by atoms with E-state index in [9.17, 15) is 0 Å². The molecular weight excluding hydrogens is 348 g/mol. The van der Waals surface area contributed by atoms with Crippen molar-refractivity contribution in [2.45, 2.75) is 39.5 Å². The molecule has 0 fully saturated rings. The molecule has 0 saturated carbocycles. The van der Waals surface area contributed by atoms with Crippen LogP contribution in [0.5, 0.6) is 0 Å². The smallest absolute Gasteiger partial charge is 0.197 e. The lowest BCUT2D eigenvalue weighted by Gasteiger charge is -2.17. The molecule has 1 atom stereocenters. The van der Waals surface area contributed by atoms with E-state index in [-0.39, 0.29) is 0 Å². The average molecular weight is 381 g/mol. The van der Waals surface area contributed by atoms with Crippen molar-refractivity contribution < 1.29 is 0 Å². The van der Waals surface area contributed by atoms with E-state index in [0.29, 0.717) is 18.4 Å². The number of aromatic amines is 1. The predicted octanol–water partition coefficient (Wildman–Crippen LogP) is 4.16. The molecule has 0 saturated heterocycles. The minimum atomic E-state index is 0.476. The number of nitrogen functional groups attached to an aromatic ring is 1. The van der Waals surface area contributed by atoms with Gasteiger partial charge in [0.1, 0.15) is 0 Å². The van der Waals surface area contributed by atoms with Crippen molar-refractivity contribution in [3.05, 3.63) is 65.3 Å². The van der Waals surface area contributed by atoms with E-state index in [0.717, 1.165) is 37.1 Å². The third-order valence-electron chi connectivity index (χ3n) is 4.50. The van der Waals surface area contributed by atoms with E-state index in [1.807, 2.05) is 24.4 Å². The topological polar surface area (TPSA) is 96.3 Å². The summed E-state index contributed by atoms with van der Waals surface area (Å²) in [6.45, 7) is 8.63. The number of aromatic nitrogens is 2. The summed E-state index contributed by atoms with van der Waals surface area (Å²) in [6, 6.07) is 10.2. The minimum absolute atomic E-state index is 0.476. The van der Waals surface area contributed by atoms with Crippen LogP contribution in [0.1, 0.15) is 44.4 Å². The van der Waals surface area contributed by atoms with Gasteiger partial charge in [-0.1, -0.05) is 48.9 Å². The molecule has 1 unspecified atom stereocenters. The fourth-order valence-electron chi connectivity index (χ4n) is 3.16. The van der Waals surface area contributed by atoms with E-state index in [1.165, 1.54) is 11.1 Å². The molecule has 28 heavy (non-hydrogen) atoms. The van der Waals surface area contributed by atoms with Crippen molar-refractivity contribution >= 4 is 18.7 Å². The second kappa shape index (κ2) is 11.0. The summed E-state index contributed by atoms with van der Waals surface area (Å²) in [7, 11) is 0. The number of hydrogen-bond donors (Lipinski definition) is 3. The maximum absolute atomic E-state index is 6.25. The van der Waals surface area contributed by atoms with Crippen molar-refractivity contribution in [2.24, 2.45) is 16.8 Å². The molecule has 1 heterocycles. The Morgan fingerprint density at radius 1 is 1.36 bits per heavy atom. The van der Waals surface area contributed by atoms with Gasteiger partial charge in [-0.15, -0.1) is 0 Å². The van der Waals surface area contributed by atoms with E-state index in [2.05, 4.69) is 53.8 Å². The fourth-order valence-corrected chi connectivity index (χ4v) is 3.16. The van der Waals surface area contributed by atoms with E-state index < -0.39 is 0 Å². The Kier molecular flexibility index (Phi) is 8.34. The minimum Gasteiger partial charge on any atom is -0.401 e. The van der Waals surface area contributed by atoms with Gasteiger partial charge in [0, 0.05) is 24.3 Å². The van der Waals surface area contributed by atoms with Crippen LogP contribution in [0.3, 0.4) is 0 Å². The Morgan fingerprint density at radius 3 is 2.75 bits per heavy atom. The molecule has 2 rings (SSSR count). The fraction of sp³-hybridized carbons (Fsp3) is 0.364. The van der Waals surface area contributed by atoms with Crippen LogP contribution in [0.2, 0.25) is 0 Å². The number of nitrogens with two attached hydrogens (primary N) is 2. The first-order valence-corrected chi connectivity index (χ1v) is 9.67. The van der Waals surface area contributed by atoms with Crippen LogP contribution in [-0.4, -0.2) is 28.2 Å². The van der Waals surface area contributed by atoms with Crippen LogP contribution in [0.15, 0.2) is 59.1 Å². The number of hydrogen-bond acceptors (Lipinski definition) is 5. The summed E-state index contributed by atoms with van der Waals surface area (Å²) in [4.78, 5) is 7.08. The van der Waals surface area contributed by atoms with Crippen LogP contribution in [0, 0.1) is 5.92 Å². The molecule has 0 aliphatic rings. The summed E-state index contributed by atoms with van der Waals surface area (Å²) >= 11 is 0. The number of aryl methyl sites for hydroxylation is 1. The molecular formula is C22H32N6. The van der Waals surface area contributed by atoms with Gasteiger partial charge in [-0.3, -0.25) is 5.01 Å². The quantitative estimate of drug-likeness (QED) is 0.403. The van der Waals surface area contributed by atoms with Gasteiger partial charge in [-0.25, -0.2) is 4.98 Å². The number of nitrogens with one attached hydrogen (secondary N) is 1. The largest absolute Gasteiger partial charge is 0.401 e. The third-order valence-corrected chi connectivity index (χ3v) is 4.50. The highest BCUT2D eigenvalue weighted by Gasteiger charge is 2.07. The Balaban J connectivity index is 1.80. The molecule has 0 aliphatic carbocycles. The summed E-state index contributed by atoms with van der Waals surface area (Å²) in [5.41, 5.74) is 16.1. The number of anilines is 1. The van der Waals surface area contributed by atoms with E-state index in [1.54, 1.807) is 11.2 Å². The molecule has 6 nitrogen and oxygen atoms in total. The van der Waals surface area contributed by atoms with Crippen LogP contribution >= 0.6 is 0 Å². The van der Waals surface area contributed by atoms with Crippen molar-refractivity contribution in [2.75, 3.05) is 12.3 Å². The maximum Gasteiger partial charge on any atom is 0.197 e. The van der Waals surface area contributed by atoms with Crippen LogP contribution < -0.4 is 11.5 Å². The van der Waals surface area contributed by atoms with Crippen molar-refractivity contribution in [3.63, 3.8) is 0 Å². The SMILES string of the molecule is C=NN(/C=C(\N)CC(C)CCCc1cnc(N)[nH]1)C/C(C)=C/c1ccccc1. The molecule has 0 bridgehead atoms. The zero-order chi connectivity index (χ0) is 20.4. The number of hydrazone groups is 1. The van der Waals surface area contributed by atoms with Crippen molar-refractivity contribution in [1.82, 2.24) is 15.0 Å². The first kappa shape index (κ1) is 21.3. The molecule has 0 amide bonds. The highest BCUT2D eigenvalue weighted by Crippen LogP contribution is 2.17. The standard InChI is InChI=1S/C22H32N6/c1-17(8-7-11-21-14-26-22(24)27-21)13-20(23)16-28(25-3)15-18(2)12-19-9-5-4-6-10-19/h4-6,9-10,12,14,16-17H,3,7-8,11,13,15,23H2,1-2H3,(H3,24,26,27)/b18-12+,20-16-. The molecule has 0 spiro atoms. The predicted molar refractivity (Wildman–Crippen MR) is 118 cm³/mol. The summed E-state index contributed by atoms with van der Waals surface area (Å²) in [6.07, 6.45) is 9.77. The van der Waals surface area contributed by atoms with Gasteiger partial charge in [0.05, 0.1) is 12.7 Å². The van der Waals surface area contributed by atoms with E-state index >= 15 is 0 Å². The molecule has 5 N–H and O–H groups in total. The highest BCUT2D eigenvalue weighted by molar-refractivity contribution is 5.52. The summed E-state index contributed by atoms with van der Waals surface area (Å²) in [5, 5.41) is 5.88. The zero-order valence-electron chi connectivity index (χ0n) is 16.9. The van der Waals surface area contributed by atoms with Gasteiger partial charge in [-0.2, -0.15) is 5.10 Å². The normalized spacial score (nSPS) is 13.4. The number of allylic oxidation sites excluding steroid dienone is 1. The number of H-pyrrole nitrogens is 1. The molecule has 6 heteroatoms. The Hall–Kier alpha value is -3.02. The number of rotatable bonds is 11. The van der Waals surface area contributed by atoms with Gasteiger partial charge in [0.15, 0.2) is 5.95 Å². The van der Waals surface area contributed by atoms with Crippen molar-refractivity contribution in [3.8, 4) is 0 Å². The lowest BCUT2D eigenvalue weighted by atomic mass is 9.98. The second-order valence-electron chi connectivity index (χ2n) is 7.34. The average Bonchev–Trinajstić information content (AvgIpc) is 3.07. The highest BCUT2D eigenvalue weighted by atomic mass is 15.4. The van der Waals surface area contributed by atoms with Gasteiger partial charge >= 0.3 is 0 Å². The molecule has 2 aromatic rings. The van der Waals surface area contributed by atoms with E-state index in [4.69, 9.17) is 11.5 Å². The first-order valence-electron chi connectivity index (χ1n) is 9.67. The van der Waals surface area contributed by atoms with Gasteiger partial charge in [0.2, 0.25) is 0 Å². The Labute approximate surface area is 168 Å². The van der Waals surface area contributed by atoms with Crippen molar-refractivity contribution in [1.29, 1.82) is 0 Å². The molecule has 1 aromatic heterocycles. The zero-order valence-corrected chi connectivity index (χ0v) is 16.9. The Bertz CT molecular complexity index is 790. The molecule has 1 aromatic carbocycles. The van der Waals surface area contributed by atoms with Gasteiger partial charge in [0.25, 0.3) is 0 Å². The number of imidazole rings is 1. The monoisotopic (exact) mass is 380 g/mol. The lowest BCUT2D eigenvalue weighted by molar-refractivity contribution is 0.425. The van der Waals surface area contributed by atoms with Gasteiger partial charge in [-0.05, 0) is 44.1 Å².